The van der Waals surface area contributed by atoms with Gasteiger partial charge >= 0.3 is 0 Å². The number of aromatic nitrogens is 1. The van der Waals surface area contributed by atoms with Gasteiger partial charge in [0.25, 0.3) is 0 Å². The first-order valence-electron chi connectivity index (χ1n) is 6.22. The summed E-state index contributed by atoms with van der Waals surface area (Å²) < 4.78 is 5.15. The van der Waals surface area contributed by atoms with Crippen LogP contribution in [0.15, 0.2) is 18.2 Å². The summed E-state index contributed by atoms with van der Waals surface area (Å²) in [6.45, 7) is 3.36. The highest BCUT2D eigenvalue weighted by atomic mass is 16.5. The molecule has 0 amide bonds. The third kappa shape index (κ3) is 3.33. The number of ether oxygens (including phenoxy) is 1. The lowest BCUT2D eigenvalue weighted by atomic mass is 9.98. The predicted molar refractivity (Wildman–Crippen MR) is 69.7 cm³/mol. The summed E-state index contributed by atoms with van der Waals surface area (Å²) in [4.78, 5) is 6.67. The smallest absolute Gasteiger partial charge is 0.214 e. The molecule has 17 heavy (non-hydrogen) atoms. The van der Waals surface area contributed by atoms with Crippen molar-refractivity contribution in [3.63, 3.8) is 0 Å². The molecule has 0 atom stereocenters. The maximum atomic E-state index is 5.15. The molecular weight excluding hydrogens is 214 g/mol. The van der Waals surface area contributed by atoms with Crippen LogP contribution >= 0.6 is 0 Å². The van der Waals surface area contributed by atoms with Crippen LogP contribution in [0.4, 0.5) is 5.82 Å². The van der Waals surface area contributed by atoms with Crippen LogP contribution in [0.1, 0.15) is 12.8 Å². The summed E-state index contributed by atoms with van der Waals surface area (Å²) in [6, 6.07) is 5.89. The van der Waals surface area contributed by atoms with E-state index in [0.29, 0.717) is 5.88 Å². The fraction of sp³-hybridized carbons (Fsp3) is 0.615. The first-order chi connectivity index (χ1) is 8.29. The Kier molecular flexibility index (Phi) is 4.20. The highest BCUT2D eigenvalue weighted by molar-refractivity contribution is 5.39. The van der Waals surface area contributed by atoms with Crippen molar-refractivity contribution in [3.05, 3.63) is 18.2 Å². The molecule has 0 aromatic carbocycles. The molecule has 1 saturated heterocycles. The lowest BCUT2D eigenvalue weighted by Gasteiger charge is -2.28. The second-order valence-electron chi connectivity index (χ2n) is 4.61. The molecule has 4 nitrogen and oxygen atoms in total. The molecule has 0 radical (unpaired) electrons. The van der Waals surface area contributed by atoms with Gasteiger partial charge in [-0.05, 0) is 37.9 Å². The molecule has 94 valence electrons. The Hall–Kier alpha value is -1.29. The molecule has 0 bridgehead atoms. The topological polar surface area (TPSA) is 37.4 Å². The zero-order valence-corrected chi connectivity index (χ0v) is 10.6. The molecular formula is C13H21N3O. The van der Waals surface area contributed by atoms with E-state index in [2.05, 4.69) is 22.2 Å². The van der Waals surface area contributed by atoms with Crippen LogP contribution in [-0.4, -0.2) is 38.8 Å². The lowest BCUT2D eigenvalue weighted by Crippen LogP contribution is -2.34. The number of methoxy groups -OCH3 is 1. The van der Waals surface area contributed by atoms with E-state index < -0.39 is 0 Å². The van der Waals surface area contributed by atoms with Gasteiger partial charge in [-0.15, -0.1) is 0 Å². The van der Waals surface area contributed by atoms with E-state index in [0.717, 1.165) is 31.4 Å². The van der Waals surface area contributed by atoms with Crippen LogP contribution in [0, 0.1) is 5.92 Å². The molecule has 1 aromatic heterocycles. The first-order valence-corrected chi connectivity index (χ1v) is 6.22. The minimum Gasteiger partial charge on any atom is -0.481 e. The van der Waals surface area contributed by atoms with Crippen molar-refractivity contribution in [2.75, 3.05) is 38.7 Å². The summed E-state index contributed by atoms with van der Waals surface area (Å²) in [6.07, 6.45) is 2.52. The number of nitrogens with one attached hydrogen (secondary N) is 1. The van der Waals surface area contributed by atoms with Gasteiger partial charge in [-0.25, -0.2) is 0 Å². The fourth-order valence-electron chi connectivity index (χ4n) is 2.28. The number of hydrogen-bond acceptors (Lipinski definition) is 4. The SMILES string of the molecule is COc1cccc(N(C)CC2CCNCC2)n1. The van der Waals surface area contributed by atoms with Crippen molar-refractivity contribution in [2.24, 2.45) is 5.92 Å². The molecule has 2 heterocycles. The quantitative estimate of drug-likeness (QED) is 0.858. The van der Waals surface area contributed by atoms with Crippen molar-refractivity contribution < 1.29 is 4.74 Å². The van der Waals surface area contributed by atoms with E-state index in [1.807, 2.05) is 18.2 Å². The predicted octanol–water partition coefficient (Wildman–Crippen LogP) is 1.53. The summed E-state index contributed by atoms with van der Waals surface area (Å²) >= 11 is 0. The molecule has 0 aliphatic carbocycles. The normalized spacial score (nSPS) is 16.8. The van der Waals surface area contributed by atoms with E-state index in [1.54, 1.807) is 7.11 Å². The largest absolute Gasteiger partial charge is 0.481 e. The number of piperidine rings is 1. The molecule has 0 spiro atoms. The van der Waals surface area contributed by atoms with Gasteiger partial charge in [-0.3, -0.25) is 0 Å². The first kappa shape index (κ1) is 12.2. The van der Waals surface area contributed by atoms with E-state index in [1.165, 1.54) is 12.8 Å². The van der Waals surface area contributed by atoms with Crippen molar-refractivity contribution in [2.45, 2.75) is 12.8 Å². The number of hydrogen-bond donors (Lipinski definition) is 1. The Morgan fingerprint density at radius 3 is 2.88 bits per heavy atom. The zero-order chi connectivity index (χ0) is 12.1. The van der Waals surface area contributed by atoms with Crippen LogP contribution < -0.4 is 15.0 Å². The average molecular weight is 235 g/mol. The zero-order valence-electron chi connectivity index (χ0n) is 10.6. The van der Waals surface area contributed by atoms with Crippen molar-refractivity contribution in [1.29, 1.82) is 0 Å². The van der Waals surface area contributed by atoms with E-state index in [4.69, 9.17) is 4.74 Å². The van der Waals surface area contributed by atoms with Crippen LogP contribution in [0.3, 0.4) is 0 Å². The van der Waals surface area contributed by atoms with Gasteiger partial charge in [0, 0.05) is 19.7 Å². The number of pyridine rings is 1. The maximum absolute atomic E-state index is 5.15. The molecule has 1 aliphatic rings. The number of rotatable bonds is 4. The molecule has 2 rings (SSSR count). The van der Waals surface area contributed by atoms with Crippen LogP contribution in [0.25, 0.3) is 0 Å². The second-order valence-corrected chi connectivity index (χ2v) is 4.61. The third-order valence-corrected chi connectivity index (χ3v) is 3.30. The summed E-state index contributed by atoms with van der Waals surface area (Å²) in [5.74, 6) is 2.44. The number of anilines is 1. The van der Waals surface area contributed by atoms with Crippen molar-refractivity contribution >= 4 is 5.82 Å². The van der Waals surface area contributed by atoms with Gasteiger partial charge in [0.2, 0.25) is 5.88 Å². The van der Waals surface area contributed by atoms with Crippen LogP contribution in [-0.2, 0) is 0 Å². The fourth-order valence-corrected chi connectivity index (χ4v) is 2.28. The van der Waals surface area contributed by atoms with Crippen molar-refractivity contribution in [1.82, 2.24) is 10.3 Å². The van der Waals surface area contributed by atoms with Gasteiger partial charge < -0.3 is 15.0 Å². The molecule has 1 N–H and O–H groups in total. The second kappa shape index (κ2) is 5.87. The van der Waals surface area contributed by atoms with Gasteiger partial charge in [-0.2, -0.15) is 4.98 Å². The highest BCUT2D eigenvalue weighted by Crippen LogP contribution is 2.18. The third-order valence-electron chi connectivity index (χ3n) is 3.30. The Bertz CT molecular complexity index is 350. The van der Waals surface area contributed by atoms with Gasteiger partial charge in [0.1, 0.15) is 5.82 Å². The molecule has 0 unspecified atom stereocenters. The van der Waals surface area contributed by atoms with Gasteiger partial charge in [-0.1, -0.05) is 6.07 Å². The number of nitrogens with zero attached hydrogens (tertiary/aromatic N) is 2. The van der Waals surface area contributed by atoms with Gasteiger partial charge in [0.05, 0.1) is 7.11 Å². The molecule has 1 aromatic rings. The lowest BCUT2D eigenvalue weighted by molar-refractivity contribution is 0.375. The van der Waals surface area contributed by atoms with E-state index in [9.17, 15) is 0 Å². The van der Waals surface area contributed by atoms with E-state index in [-0.39, 0.29) is 0 Å². The monoisotopic (exact) mass is 235 g/mol. The summed E-state index contributed by atoms with van der Waals surface area (Å²) in [5, 5.41) is 3.39. The molecule has 4 heteroatoms. The Morgan fingerprint density at radius 2 is 2.18 bits per heavy atom. The van der Waals surface area contributed by atoms with Crippen molar-refractivity contribution in [3.8, 4) is 5.88 Å². The average Bonchev–Trinajstić information content (AvgIpc) is 2.40. The Balaban J connectivity index is 1.95. The molecule has 1 fully saturated rings. The Labute approximate surface area is 103 Å². The van der Waals surface area contributed by atoms with Gasteiger partial charge in [0.15, 0.2) is 0 Å². The minimum absolute atomic E-state index is 0.680. The summed E-state index contributed by atoms with van der Waals surface area (Å²) in [7, 11) is 3.75. The van der Waals surface area contributed by atoms with E-state index >= 15 is 0 Å². The highest BCUT2D eigenvalue weighted by Gasteiger charge is 2.15. The van der Waals surface area contributed by atoms with Crippen LogP contribution in [0.2, 0.25) is 0 Å². The standard InChI is InChI=1S/C13H21N3O/c1-16(10-11-6-8-14-9-7-11)12-4-3-5-13(15-12)17-2/h3-5,11,14H,6-10H2,1-2H3. The maximum Gasteiger partial charge on any atom is 0.214 e. The summed E-state index contributed by atoms with van der Waals surface area (Å²) in [5.41, 5.74) is 0. The minimum atomic E-state index is 0.680. The van der Waals surface area contributed by atoms with Crippen LogP contribution in [0.5, 0.6) is 5.88 Å². The Morgan fingerprint density at radius 1 is 1.41 bits per heavy atom. The molecule has 0 saturated carbocycles. The molecule has 1 aliphatic heterocycles.